The van der Waals surface area contributed by atoms with E-state index >= 15 is 0 Å². The smallest absolute Gasteiger partial charge is 0.251 e. The minimum atomic E-state index is -0.544. The summed E-state index contributed by atoms with van der Waals surface area (Å²) in [5.74, 6) is 1.04. The molecule has 1 unspecified atom stereocenters. The quantitative estimate of drug-likeness (QED) is 0.344. The van der Waals surface area contributed by atoms with E-state index in [1.54, 1.807) is 25.4 Å². The van der Waals surface area contributed by atoms with E-state index in [0.29, 0.717) is 23.7 Å². The number of aliphatic hydroxyl groups excluding tert-OH is 2. The van der Waals surface area contributed by atoms with Gasteiger partial charge in [-0.15, -0.1) is 0 Å². The van der Waals surface area contributed by atoms with Crippen molar-refractivity contribution in [1.29, 1.82) is 0 Å². The second kappa shape index (κ2) is 11.2. The maximum atomic E-state index is 12.4. The van der Waals surface area contributed by atoms with E-state index in [9.17, 15) is 9.90 Å². The van der Waals surface area contributed by atoms with Gasteiger partial charge >= 0.3 is 0 Å². The Balaban J connectivity index is 0.00000149. The van der Waals surface area contributed by atoms with Gasteiger partial charge in [-0.25, -0.2) is 9.97 Å². The third kappa shape index (κ3) is 5.54. The maximum Gasteiger partial charge on any atom is 0.251 e. The summed E-state index contributed by atoms with van der Waals surface area (Å²) in [6, 6.07) is 17.1. The number of amides is 1. The van der Waals surface area contributed by atoms with Crippen molar-refractivity contribution < 1.29 is 19.7 Å². The molecule has 0 radical (unpaired) electrons. The molecule has 2 aromatic carbocycles. The Hall–Kier alpha value is -3.75. The number of ether oxygens (including phenoxy) is 1. The zero-order valence-electron chi connectivity index (χ0n) is 18.9. The van der Waals surface area contributed by atoms with Crippen molar-refractivity contribution in [2.75, 3.05) is 20.8 Å². The number of aliphatic hydroxyl groups is 2. The molecule has 8 nitrogen and oxygen atoms in total. The van der Waals surface area contributed by atoms with Gasteiger partial charge in [0.2, 0.25) is 5.88 Å². The molecule has 4 N–H and O–H groups in total. The lowest BCUT2D eigenvalue weighted by molar-refractivity contribution is 0.0914. The number of carbonyl (C=O) groups is 1. The van der Waals surface area contributed by atoms with Crippen molar-refractivity contribution in [2.24, 2.45) is 0 Å². The number of hydrogen-bond donors (Lipinski definition) is 4. The van der Waals surface area contributed by atoms with E-state index in [4.69, 9.17) is 9.84 Å². The highest BCUT2D eigenvalue weighted by atomic mass is 16.5. The Labute approximate surface area is 192 Å². The van der Waals surface area contributed by atoms with Crippen molar-refractivity contribution >= 4 is 16.9 Å². The molecule has 2 heterocycles. The standard InChI is InChI=1S/C24H24N4O3.CH4O/c1-3-18(29)14-26-23(30)17-9-10-20-21(13-17)28-22(27-20)16-7-4-6-15(12-16)19-8-5-11-25-24(19)31-2;1-2/h4-13,18,29H,3,14H2,1-2H3,(H,26,30)(H,27,28);2H,1H3. The van der Waals surface area contributed by atoms with Crippen LogP contribution in [0.2, 0.25) is 0 Å². The molecule has 172 valence electrons. The second-order valence-corrected chi connectivity index (χ2v) is 7.23. The number of aromatic nitrogens is 3. The van der Waals surface area contributed by atoms with Gasteiger partial charge in [0.15, 0.2) is 0 Å². The number of pyridine rings is 1. The van der Waals surface area contributed by atoms with E-state index in [1.165, 1.54) is 0 Å². The number of methoxy groups -OCH3 is 1. The van der Waals surface area contributed by atoms with Crippen molar-refractivity contribution in [3.8, 4) is 28.4 Å². The van der Waals surface area contributed by atoms with Crippen LogP contribution in [0.3, 0.4) is 0 Å². The number of benzene rings is 2. The predicted molar refractivity (Wildman–Crippen MR) is 128 cm³/mol. The molecule has 33 heavy (non-hydrogen) atoms. The van der Waals surface area contributed by atoms with Crippen LogP contribution >= 0.6 is 0 Å². The lowest BCUT2D eigenvalue weighted by Gasteiger charge is -2.09. The molecule has 2 aromatic heterocycles. The van der Waals surface area contributed by atoms with E-state index in [-0.39, 0.29) is 12.5 Å². The van der Waals surface area contributed by atoms with Crippen molar-refractivity contribution in [3.63, 3.8) is 0 Å². The van der Waals surface area contributed by atoms with Gasteiger partial charge < -0.3 is 25.3 Å². The molecule has 8 heteroatoms. The minimum Gasteiger partial charge on any atom is -0.481 e. The molecule has 0 aliphatic carbocycles. The van der Waals surface area contributed by atoms with Crippen LogP contribution in [0.5, 0.6) is 5.88 Å². The third-order valence-corrected chi connectivity index (χ3v) is 5.13. The fourth-order valence-electron chi connectivity index (χ4n) is 3.35. The molecule has 4 aromatic rings. The summed E-state index contributed by atoms with van der Waals surface area (Å²) in [6.45, 7) is 2.10. The third-order valence-electron chi connectivity index (χ3n) is 5.13. The van der Waals surface area contributed by atoms with Gasteiger partial charge in [-0.05, 0) is 48.4 Å². The van der Waals surface area contributed by atoms with Crippen LogP contribution in [0.25, 0.3) is 33.5 Å². The van der Waals surface area contributed by atoms with Crippen LogP contribution < -0.4 is 10.1 Å². The SMILES string of the molecule is CCC(O)CNC(=O)c1ccc2nc(-c3cccc(-c4cccnc4OC)c3)[nH]c2c1.CO. The molecule has 1 amide bonds. The Bertz CT molecular complexity index is 1220. The Morgan fingerprint density at radius 2 is 1.91 bits per heavy atom. The molecule has 0 aliphatic rings. The molecule has 0 spiro atoms. The first kappa shape index (κ1) is 23.9. The number of imidazole rings is 1. The van der Waals surface area contributed by atoms with Crippen LogP contribution in [0, 0.1) is 0 Å². The van der Waals surface area contributed by atoms with Crippen molar-refractivity contribution in [2.45, 2.75) is 19.4 Å². The first-order chi connectivity index (χ1) is 16.1. The molecule has 4 rings (SSSR count). The maximum absolute atomic E-state index is 12.4. The van der Waals surface area contributed by atoms with Crippen LogP contribution in [-0.4, -0.2) is 57.9 Å². The highest BCUT2D eigenvalue weighted by Gasteiger charge is 2.13. The fraction of sp³-hybridized carbons (Fsp3) is 0.240. The van der Waals surface area contributed by atoms with Gasteiger partial charge in [-0.2, -0.15) is 0 Å². The zero-order valence-corrected chi connectivity index (χ0v) is 18.9. The van der Waals surface area contributed by atoms with Gasteiger partial charge in [0, 0.05) is 36.5 Å². The van der Waals surface area contributed by atoms with Crippen LogP contribution in [0.15, 0.2) is 60.8 Å². The second-order valence-electron chi connectivity index (χ2n) is 7.23. The predicted octanol–water partition coefficient (Wildman–Crippen LogP) is 3.41. The first-order valence-electron chi connectivity index (χ1n) is 10.6. The van der Waals surface area contributed by atoms with E-state index < -0.39 is 6.10 Å². The lowest BCUT2D eigenvalue weighted by atomic mass is 10.0. The number of carbonyl (C=O) groups excluding carboxylic acids is 1. The topological polar surface area (TPSA) is 120 Å². The number of fused-ring (bicyclic) bond motifs is 1. The number of rotatable bonds is 7. The van der Waals surface area contributed by atoms with Gasteiger partial charge in [0.25, 0.3) is 5.91 Å². The molecule has 0 bridgehead atoms. The van der Waals surface area contributed by atoms with Crippen molar-refractivity contribution in [1.82, 2.24) is 20.3 Å². The van der Waals surface area contributed by atoms with Gasteiger partial charge in [0.05, 0.1) is 24.2 Å². The van der Waals surface area contributed by atoms with Gasteiger partial charge in [-0.1, -0.05) is 25.1 Å². The largest absolute Gasteiger partial charge is 0.481 e. The number of hydrogen-bond acceptors (Lipinski definition) is 6. The summed E-state index contributed by atoms with van der Waals surface area (Å²) in [6.07, 6.45) is 1.74. The molecular formula is C25H28N4O4. The van der Waals surface area contributed by atoms with Crippen molar-refractivity contribution in [3.05, 3.63) is 66.4 Å². The summed E-state index contributed by atoms with van der Waals surface area (Å²) in [5.41, 5.74) is 4.83. The average Bonchev–Trinajstić information content (AvgIpc) is 3.32. The minimum absolute atomic E-state index is 0.226. The van der Waals surface area contributed by atoms with E-state index in [0.717, 1.165) is 34.8 Å². The Kier molecular flexibility index (Phi) is 8.12. The first-order valence-corrected chi connectivity index (χ1v) is 10.6. The van der Waals surface area contributed by atoms with Crippen LogP contribution in [-0.2, 0) is 0 Å². The fourth-order valence-corrected chi connectivity index (χ4v) is 3.35. The highest BCUT2D eigenvalue weighted by molar-refractivity contribution is 5.97. The normalized spacial score (nSPS) is 11.4. The lowest BCUT2D eigenvalue weighted by Crippen LogP contribution is -2.31. The molecule has 0 saturated carbocycles. The number of nitrogens with zero attached hydrogens (tertiary/aromatic N) is 2. The Morgan fingerprint density at radius 1 is 1.12 bits per heavy atom. The summed E-state index contributed by atoms with van der Waals surface area (Å²) >= 11 is 0. The summed E-state index contributed by atoms with van der Waals surface area (Å²) in [7, 11) is 2.60. The van der Waals surface area contributed by atoms with Gasteiger partial charge in [-0.3, -0.25) is 4.79 Å². The molecule has 0 fully saturated rings. The van der Waals surface area contributed by atoms with E-state index in [2.05, 4.69) is 20.3 Å². The monoisotopic (exact) mass is 448 g/mol. The van der Waals surface area contributed by atoms with Crippen LogP contribution in [0.4, 0.5) is 0 Å². The summed E-state index contributed by atoms with van der Waals surface area (Å²) < 4.78 is 5.38. The van der Waals surface area contributed by atoms with Gasteiger partial charge in [0.1, 0.15) is 5.82 Å². The molecular weight excluding hydrogens is 420 g/mol. The number of aromatic amines is 1. The summed E-state index contributed by atoms with van der Waals surface area (Å²) in [5, 5.41) is 19.4. The molecule has 1 atom stereocenters. The zero-order chi connectivity index (χ0) is 23.8. The number of H-pyrrole nitrogens is 1. The highest BCUT2D eigenvalue weighted by Crippen LogP contribution is 2.31. The number of nitrogens with one attached hydrogen (secondary N) is 2. The van der Waals surface area contributed by atoms with E-state index in [1.807, 2.05) is 49.4 Å². The summed E-state index contributed by atoms with van der Waals surface area (Å²) in [4.78, 5) is 24.6. The molecule has 0 aliphatic heterocycles. The van der Waals surface area contributed by atoms with Crippen LogP contribution in [0.1, 0.15) is 23.7 Å². The Morgan fingerprint density at radius 3 is 2.67 bits per heavy atom. The molecule has 0 saturated heterocycles. The average molecular weight is 449 g/mol.